The molecular weight excluding hydrogens is 271 g/mol. The summed E-state index contributed by atoms with van der Waals surface area (Å²) in [5.41, 5.74) is 0.553. The first-order valence-electron chi connectivity index (χ1n) is 5.63. The monoisotopic (exact) mass is 281 g/mol. The van der Waals surface area contributed by atoms with Crippen LogP contribution in [0.5, 0.6) is 0 Å². The molecule has 0 radical (unpaired) electrons. The van der Waals surface area contributed by atoms with Gasteiger partial charge in [-0.3, -0.25) is 5.41 Å². The van der Waals surface area contributed by atoms with Crippen LogP contribution in [0.3, 0.4) is 0 Å². The van der Waals surface area contributed by atoms with E-state index in [1.54, 1.807) is 6.07 Å². The maximum atomic E-state index is 12.5. The number of rotatable bonds is 3. The van der Waals surface area contributed by atoms with Gasteiger partial charge in [-0.25, -0.2) is 0 Å². The van der Waals surface area contributed by atoms with E-state index in [4.69, 9.17) is 5.41 Å². The fourth-order valence-corrected chi connectivity index (χ4v) is 1.75. The maximum Gasteiger partial charge on any atom is 0.416 e. The van der Waals surface area contributed by atoms with Gasteiger partial charge in [-0.05, 0) is 40.6 Å². The molecule has 0 amide bonds. The van der Waals surface area contributed by atoms with Crippen LogP contribution >= 0.6 is 0 Å². The van der Waals surface area contributed by atoms with Gasteiger partial charge in [-0.2, -0.15) is 13.2 Å². The molecule has 0 aliphatic heterocycles. The minimum atomic E-state index is -4.37. The Labute approximate surface area is 112 Å². The molecule has 20 heavy (non-hydrogen) atoms. The molecule has 0 fully saturated rings. The van der Waals surface area contributed by atoms with Gasteiger partial charge in [0.05, 0.1) is 5.56 Å². The van der Waals surface area contributed by atoms with Gasteiger partial charge in [-0.1, -0.05) is 12.1 Å². The second kappa shape index (κ2) is 5.28. The molecule has 0 bridgehead atoms. The summed E-state index contributed by atoms with van der Waals surface area (Å²) in [7, 11) is 0. The zero-order valence-corrected chi connectivity index (χ0v) is 10.2. The van der Waals surface area contributed by atoms with Crippen LogP contribution in [0.25, 0.3) is 11.1 Å². The number of alkyl halides is 3. The number of halogens is 3. The third-order valence-electron chi connectivity index (χ3n) is 2.78. The van der Waals surface area contributed by atoms with Crippen molar-refractivity contribution in [2.45, 2.75) is 12.8 Å². The first-order valence-corrected chi connectivity index (χ1v) is 5.63. The first-order chi connectivity index (χ1) is 9.41. The fraction of sp³-hybridized carbons (Fsp3) is 0.154. The van der Waals surface area contributed by atoms with Crippen LogP contribution in [-0.2, 0) is 12.8 Å². The van der Waals surface area contributed by atoms with E-state index < -0.39 is 11.7 Å². The number of nitrogens with one attached hydrogen (secondary N) is 1. The molecule has 1 aromatic heterocycles. The van der Waals surface area contributed by atoms with Crippen molar-refractivity contribution in [1.82, 2.24) is 4.57 Å². The summed E-state index contributed by atoms with van der Waals surface area (Å²) in [5, 5.41) is 10.3. The number of benzene rings is 1. The third kappa shape index (κ3) is 2.93. The molecule has 0 saturated heterocycles. The summed E-state index contributed by atoms with van der Waals surface area (Å²) < 4.78 is 38.7. The normalized spacial score (nSPS) is 11.3. The molecule has 104 valence electrons. The zero-order valence-electron chi connectivity index (χ0n) is 10.2. The SMILES string of the molecule is N=c1ccc(-c2ccc(C(F)(F)F)cc2)cn1CN=O. The van der Waals surface area contributed by atoms with Crippen LogP contribution in [0.4, 0.5) is 13.2 Å². The van der Waals surface area contributed by atoms with Gasteiger partial charge in [0.25, 0.3) is 0 Å². The quantitative estimate of drug-likeness (QED) is 0.861. The predicted molar refractivity (Wildman–Crippen MR) is 66.5 cm³/mol. The van der Waals surface area contributed by atoms with Gasteiger partial charge in [0.1, 0.15) is 5.49 Å². The van der Waals surface area contributed by atoms with Crippen LogP contribution in [0.2, 0.25) is 0 Å². The largest absolute Gasteiger partial charge is 0.416 e. The maximum absolute atomic E-state index is 12.5. The molecule has 4 nitrogen and oxygen atoms in total. The Morgan fingerprint density at radius 1 is 1.05 bits per heavy atom. The third-order valence-corrected chi connectivity index (χ3v) is 2.78. The lowest BCUT2D eigenvalue weighted by Crippen LogP contribution is -2.17. The Morgan fingerprint density at radius 2 is 1.65 bits per heavy atom. The Kier molecular flexibility index (Phi) is 3.69. The highest BCUT2D eigenvalue weighted by Crippen LogP contribution is 2.30. The van der Waals surface area contributed by atoms with E-state index in [0.717, 1.165) is 12.1 Å². The van der Waals surface area contributed by atoms with Gasteiger partial charge < -0.3 is 4.57 Å². The van der Waals surface area contributed by atoms with Gasteiger partial charge >= 0.3 is 6.18 Å². The van der Waals surface area contributed by atoms with Crippen molar-refractivity contribution in [3.05, 3.63) is 58.6 Å². The highest BCUT2D eigenvalue weighted by Gasteiger charge is 2.29. The Bertz CT molecular complexity index is 674. The van der Waals surface area contributed by atoms with Gasteiger partial charge in [0.2, 0.25) is 0 Å². The highest BCUT2D eigenvalue weighted by molar-refractivity contribution is 5.62. The smallest absolute Gasteiger partial charge is 0.309 e. The lowest BCUT2D eigenvalue weighted by molar-refractivity contribution is -0.137. The second-order valence-corrected chi connectivity index (χ2v) is 4.12. The summed E-state index contributed by atoms with van der Waals surface area (Å²) >= 11 is 0. The summed E-state index contributed by atoms with van der Waals surface area (Å²) in [6.45, 7) is -0.215. The molecule has 0 unspecified atom stereocenters. The van der Waals surface area contributed by atoms with E-state index in [2.05, 4.69) is 5.18 Å². The van der Waals surface area contributed by atoms with E-state index in [1.807, 2.05) is 0 Å². The standard InChI is InChI=1S/C13H10F3N3O/c14-13(15,16)11-4-1-9(2-5-11)10-3-6-12(17)19(7-10)8-18-20/h1-7,17H,8H2. The molecule has 1 heterocycles. The van der Waals surface area contributed by atoms with Crippen molar-refractivity contribution in [1.29, 1.82) is 5.41 Å². The number of nitrogens with zero attached hydrogens (tertiary/aromatic N) is 2. The molecule has 1 N–H and O–H groups in total. The minimum absolute atomic E-state index is 0.0975. The molecule has 0 atom stereocenters. The van der Waals surface area contributed by atoms with Crippen molar-refractivity contribution in [3.8, 4) is 11.1 Å². The van der Waals surface area contributed by atoms with Crippen molar-refractivity contribution in [2.75, 3.05) is 0 Å². The molecule has 2 rings (SSSR count). The van der Waals surface area contributed by atoms with E-state index in [9.17, 15) is 18.1 Å². The van der Waals surface area contributed by atoms with E-state index in [0.29, 0.717) is 11.1 Å². The molecule has 0 saturated carbocycles. The summed E-state index contributed by atoms with van der Waals surface area (Å²) in [6, 6.07) is 7.74. The second-order valence-electron chi connectivity index (χ2n) is 4.12. The van der Waals surface area contributed by atoms with E-state index in [1.165, 1.54) is 29.0 Å². The van der Waals surface area contributed by atoms with E-state index in [-0.39, 0.29) is 12.2 Å². The molecule has 7 heteroatoms. The topological polar surface area (TPSA) is 58.2 Å². The molecule has 0 spiro atoms. The van der Waals surface area contributed by atoms with Crippen molar-refractivity contribution in [2.24, 2.45) is 5.18 Å². The summed E-state index contributed by atoms with van der Waals surface area (Å²) in [5.74, 6) is 0. The van der Waals surface area contributed by atoms with E-state index >= 15 is 0 Å². The van der Waals surface area contributed by atoms with Crippen LogP contribution in [-0.4, -0.2) is 4.57 Å². The van der Waals surface area contributed by atoms with Crippen LogP contribution in [0.15, 0.2) is 47.8 Å². The highest BCUT2D eigenvalue weighted by atomic mass is 19.4. The first kappa shape index (κ1) is 14.0. The number of aromatic nitrogens is 1. The van der Waals surface area contributed by atoms with Crippen LogP contribution < -0.4 is 5.49 Å². The van der Waals surface area contributed by atoms with Crippen molar-refractivity contribution >= 4 is 0 Å². The number of hydrogen-bond acceptors (Lipinski definition) is 3. The van der Waals surface area contributed by atoms with Gasteiger partial charge in [0.15, 0.2) is 6.67 Å². The Morgan fingerprint density at radius 3 is 2.20 bits per heavy atom. The van der Waals surface area contributed by atoms with Crippen molar-refractivity contribution < 1.29 is 13.2 Å². The van der Waals surface area contributed by atoms with Crippen LogP contribution in [0.1, 0.15) is 5.56 Å². The lowest BCUT2D eigenvalue weighted by Gasteiger charge is -2.09. The average molecular weight is 281 g/mol. The van der Waals surface area contributed by atoms with Gasteiger partial charge in [-0.15, -0.1) is 4.91 Å². The molecule has 0 aliphatic carbocycles. The number of hydrogen-bond donors (Lipinski definition) is 1. The molecule has 1 aromatic carbocycles. The Balaban J connectivity index is 2.39. The number of nitroso groups, excluding NO2 is 1. The average Bonchev–Trinajstić information content (AvgIpc) is 2.41. The van der Waals surface area contributed by atoms with Gasteiger partial charge in [0, 0.05) is 6.20 Å². The zero-order chi connectivity index (χ0) is 14.8. The molecule has 2 aromatic rings. The molecule has 0 aliphatic rings. The summed E-state index contributed by atoms with van der Waals surface area (Å²) in [6.07, 6.45) is -2.86. The predicted octanol–water partition coefficient (Wildman–Crippen LogP) is 3.38. The minimum Gasteiger partial charge on any atom is -0.309 e. The molecular formula is C13H10F3N3O. The number of pyridine rings is 1. The Hall–Kier alpha value is -2.44. The fourth-order valence-electron chi connectivity index (χ4n) is 1.75. The summed E-state index contributed by atoms with van der Waals surface area (Å²) in [4.78, 5) is 10.3. The van der Waals surface area contributed by atoms with Crippen LogP contribution in [0, 0.1) is 10.3 Å². The lowest BCUT2D eigenvalue weighted by atomic mass is 10.1. The van der Waals surface area contributed by atoms with Crippen molar-refractivity contribution in [3.63, 3.8) is 0 Å².